The van der Waals surface area contributed by atoms with Crippen molar-refractivity contribution in [3.05, 3.63) is 64.3 Å². The first-order valence-electron chi connectivity index (χ1n) is 6.24. The van der Waals surface area contributed by atoms with E-state index in [0.717, 1.165) is 28.3 Å². The molecular formula is C16H11FO3S. The van der Waals surface area contributed by atoms with Gasteiger partial charge in [-0.15, -0.1) is 0 Å². The molecule has 0 fully saturated rings. The molecule has 3 aromatic rings. The summed E-state index contributed by atoms with van der Waals surface area (Å²) in [5, 5.41) is 10.4. The first-order chi connectivity index (χ1) is 10.0. The van der Waals surface area contributed by atoms with Gasteiger partial charge in [0.05, 0.1) is 5.39 Å². The molecule has 0 bridgehead atoms. The van der Waals surface area contributed by atoms with Gasteiger partial charge in [0.1, 0.15) is 22.0 Å². The predicted octanol–water partition coefficient (Wildman–Crippen LogP) is 4.10. The second kappa shape index (κ2) is 5.26. The van der Waals surface area contributed by atoms with Crippen molar-refractivity contribution >= 4 is 22.7 Å². The first-order valence-corrected chi connectivity index (χ1v) is 7.06. The lowest BCUT2D eigenvalue weighted by Gasteiger charge is -2.06. The zero-order valence-corrected chi connectivity index (χ0v) is 11.9. The van der Waals surface area contributed by atoms with E-state index in [1.54, 1.807) is 0 Å². The van der Waals surface area contributed by atoms with E-state index in [1.165, 1.54) is 12.1 Å². The molecule has 0 spiro atoms. The minimum Gasteiger partial charge on any atom is -0.506 e. The minimum atomic E-state index is -0.641. The van der Waals surface area contributed by atoms with Gasteiger partial charge < -0.3 is 9.52 Å². The Bertz CT molecular complexity index is 869. The summed E-state index contributed by atoms with van der Waals surface area (Å²) in [5.41, 5.74) is 0.612. The van der Waals surface area contributed by atoms with Crippen LogP contribution in [0.4, 0.5) is 4.39 Å². The minimum absolute atomic E-state index is 0.0527. The highest BCUT2D eigenvalue weighted by atomic mass is 32.2. The van der Waals surface area contributed by atoms with Crippen LogP contribution in [0.1, 0.15) is 5.56 Å². The fourth-order valence-electron chi connectivity index (χ4n) is 1.96. The molecule has 5 heteroatoms. The normalized spacial score (nSPS) is 11.0. The third-order valence-electron chi connectivity index (χ3n) is 3.04. The number of halogens is 1. The number of rotatable bonds is 2. The molecule has 0 atom stereocenters. The van der Waals surface area contributed by atoms with Crippen LogP contribution in [-0.2, 0) is 0 Å². The van der Waals surface area contributed by atoms with Crippen LogP contribution in [0, 0.1) is 12.7 Å². The topological polar surface area (TPSA) is 50.4 Å². The predicted molar refractivity (Wildman–Crippen MR) is 79.4 cm³/mol. The number of benzene rings is 2. The van der Waals surface area contributed by atoms with Gasteiger partial charge in [0.15, 0.2) is 0 Å². The van der Waals surface area contributed by atoms with Crippen molar-refractivity contribution in [2.75, 3.05) is 0 Å². The molecule has 1 N–H and O–H groups in total. The molecule has 0 aliphatic carbocycles. The van der Waals surface area contributed by atoms with Gasteiger partial charge in [0, 0.05) is 4.90 Å². The van der Waals surface area contributed by atoms with Crippen molar-refractivity contribution in [3.8, 4) is 5.75 Å². The second-order valence-corrected chi connectivity index (χ2v) is 5.71. The summed E-state index contributed by atoms with van der Waals surface area (Å²) in [4.78, 5) is 12.8. The van der Waals surface area contributed by atoms with Gasteiger partial charge >= 0.3 is 5.63 Å². The van der Waals surface area contributed by atoms with Crippen LogP contribution in [0.3, 0.4) is 0 Å². The second-order valence-electron chi connectivity index (χ2n) is 4.62. The molecule has 0 saturated heterocycles. The molecule has 21 heavy (non-hydrogen) atoms. The van der Waals surface area contributed by atoms with Crippen LogP contribution in [-0.4, -0.2) is 5.11 Å². The maximum absolute atomic E-state index is 13.3. The van der Waals surface area contributed by atoms with Crippen molar-refractivity contribution in [1.29, 1.82) is 0 Å². The third kappa shape index (κ3) is 2.64. The molecule has 0 aliphatic heterocycles. The Morgan fingerprint density at radius 1 is 1.14 bits per heavy atom. The molecule has 3 nitrogen and oxygen atoms in total. The summed E-state index contributed by atoms with van der Waals surface area (Å²) in [6.45, 7) is 1.96. The monoisotopic (exact) mass is 302 g/mol. The van der Waals surface area contributed by atoms with Crippen LogP contribution >= 0.6 is 11.8 Å². The Balaban J connectivity index is 2.13. The summed E-state index contributed by atoms with van der Waals surface area (Å²) in [5.74, 6) is -0.760. The van der Waals surface area contributed by atoms with E-state index >= 15 is 0 Å². The van der Waals surface area contributed by atoms with Crippen LogP contribution in [0.25, 0.3) is 11.0 Å². The summed E-state index contributed by atoms with van der Waals surface area (Å²) in [6, 6.07) is 11.1. The first kappa shape index (κ1) is 13.7. The SMILES string of the molecule is Cc1ccc(Sc2c(O)c3cc(F)ccc3oc2=O)cc1. The van der Waals surface area contributed by atoms with Gasteiger partial charge in [0.2, 0.25) is 0 Å². The Morgan fingerprint density at radius 2 is 1.86 bits per heavy atom. The highest BCUT2D eigenvalue weighted by Crippen LogP contribution is 2.36. The molecule has 0 amide bonds. The van der Waals surface area contributed by atoms with Gasteiger partial charge in [-0.05, 0) is 37.3 Å². The maximum Gasteiger partial charge on any atom is 0.354 e. The van der Waals surface area contributed by atoms with Crippen LogP contribution in [0.15, 0.2) is 61.5 Å². The molecule has 106 valence electrons. The number of aromatic hydroxyl groups is 1. The summed E-state index contributed by atoms with van der Waals surface area (Å²) < 4.78 is 18.4. The van der Waals surface area contributed by atoms with E-state index in [9.17, 15) is 14.3 Å². The summed E-state index contributed by atoms with van der Waals surface area (Å²) in [6.07, 6.45) is 0. The lowest BCUT2D eigenvalue weighted by atomic mass is 10.2. The van der Waals surface area contributed by atoms with Crippen LogP contribution < -0.4 is 5.63 Å². The number of hydrogen-bond acceptors (Lipinski definition) is 4. The molecule has 0 aliphatic rings. The lowest BCUT2D eigenvalue weighted by Crippen LogP contribution is -2.02. The Morgan fingerprint density at radius 3 is 2.57 bits per heavy atom. The molecule has 0 saturated carbocycles. The van der Waals surface area contributed by atoms with E-state index in [0.29, 0.717) is 0 Å². The fourth-order valence-corrected chi connectivity index (χ4v) is 2.80. The van der Waals surface area contributed by atoms with Crippen LogP contribution in [0.5, 0.6) is 5.75 Å². The largest absolute Gasteiger partial charge is 0.506 e. The molecule has 0 radical (unpaired) electrons. The maximum atomic E-state index is 13.3. The zero-order valence-electron chi connectivity index (χ0n) is 11.1. The number of aryl methyl sites for hydroxylation is 1. The fraction of sp³-hybridized carbons (Fsp3) is 0.0625. The van der Waals surface area contributed by atoms with E-state index < -0.39 is 11.4 Å². The Hall–Kier alpha value is -2.27. The van der Waals surface area contributed by atoms with Crippen molar-refractivity contribution in [2.24, 2.45) is 0 Å². The van der Waals surface area contributed by atoms with Crippen molar-refractivity contribution in [1.82, 2.24) is 0 Å². The zero-order chi connectivity index (χ0) is 15.0. The quantitative estimate of drug-likeness (QED) is 0.724. The average Bonchev–Trinajstić information content (AvgIpc) is 2.46. The van der Waals surface area contributed by atoms with Gasteiger partial charge in [-0.1, -0.05) is 29.5 Å². The average molecular weight is 302 g/mol. The molecule has 0 unspecified atom stereocenters. The van der Waals surface area contributed by atoms with E-state index in [-0.39, 0.29) is 21.6 Å². The van der Waals surface area contributed by atoms with Gasteiger partial charge in [0.25, 0.3) is 0 Å². The number of fused-ring (bicyclic) bond motifs is 1. The molecule has 2 aromatic carbocycles. The van der Waals surface area contributed by atoms with E-state index in [1.807, 2.05) is 31.2 Å². The Labute approximate surface area is 124 Å². The molecule has 1 heterocycles. The standard InChI is InChI=1S/C16H11FO3S/c1-9-2-5-11(6-3-9)21-15-14(18)12-8-10(17)4-7-13(12)20-16(15)19/h2-8,18H,1H3. The van der Waals surface area contributed by atoms with Crippen LogP contribution in [0.2, 0.25) is 0 Å². The molecule has 3 rings (SSSR count). The van der Waals surface area contributed by atoms with Gasteiger partial charge in [-0.25, -0.2) is 9.18 Å². The van der Waals surface area contributed by atoms with E-state index in [2.05, 4.69) is 0 Å². The highest BCUT2D eigenvalue weighted by molar-refractivity contribution is 7.99. The van der Waals surface area contributed by atoms with Crippen molar-refractivity contribution in [2.45, 2.75) is 16.7 Å². The molecule has 1 aromatic heterocycles. The highest BCUT2D eigenvalue weighted by Gasteiger charge is 2.15. The third-order valence-corrected chi connectivity index (χ3v) is 4.11. The Kier molecular flexibility index (Phi) is 3.43. The smallest absolute Gasteiger partial charge is 0.354 e. The summed E-state index contributed by atoms with van der Waals surface area (Å²) in [7, 11) is 0. The lowest BCUT2D eigenvalue weighted by molar-refractivity contribution is 0.446. The van der Waals surface area contributed by atoms with Crippen molar-refractivity contribution < 1.29 is 13.9 Å². The number of hydrogen-bond donors (Lipinski definition) is 1. The van der Waals surface area contributed by atoms with Gasteiger partial charge in [-0.2, -0.15) is 0 Å². The van der Waals surface area contributed by atoms with E-state index in [4.69, 9.17) is 4.42 Å². The van der Waals surface area contributed by atoms with Gasteiger partial charge in [-0.3, -0.25) is 0 Å². The molecular weight excluding hydrogens is 291 g/mol. The van der Waals surface area contributed by atoms with Crippen molar-refractivity contribution in [3.63, 3.8) is 0 Å². The summed E-state index contributed by atoms with van der Waals surface area (Å²) >= 11 is 1.09.